The van der Waals surface area contributed by atoms with Crippen molar-refractivity contribution in [3.8, 4) is 16.9 Å². The lowest BCUT2D eigenvalue weighted by atomic mass is 10.0. The zero-order valence-electron chi connectivity index (χ0n) is 13.0. The van der Waals surface area contributed by atoms with E-state index in [9.17, 15) is 13.6 Å². The largest absolute Gasteiger partial charge is 0.481 e. The smallest absolute Gasteiger partial charge is 0.341 e. The lowest BCUT2D eigenvalue weighted by molar-refractivity contribution is -0.139. The van der Waals surface area contributed by atoms with Crippen LogP contribution in [0.5, 0.6) is 5.75 Å². The zero-order valence-corrected chi connectivity index (χ0v) is 14.2. The summed E-state index contributed by atoms with van der Waals surface area (Å²) in [5.74, 6) is -0.615. The first kappa shape index (κ1) is 18.0. The predicted octanol–water partition coefficient (Wildman–Crippen LogP) is 2.88. The molecule has 1 heterocycles. The topological polar surface area (TPSA) is 84.3 Å². The molecular weight excluding hydrogens is 339 g/mol. The molecule has 128 valence electrons. The summed E-state index contributed by atoms with van der Waals surface area (Å²) >= 11 is 0. The molecule has 0 radical (unpaired) electrons. The number of hydrogen-bond acceptors (Lipinski definition) is 5. The highest BCUT2D eigenvalue weighted by Crippen LogP contribution is 2.40. The summed E-state index contributed by atoms with van der Waals surface area (Å²) in [6.45, 7) is 1.11. The molecule has 24 heavy (non-hydrogen) atoms. The Morgan fingerprint density at radius 1 is 1.42 bits per heavy atom. The van der Waals surface area contributed by atoms with E-state index < -0.39 is 18.2 Å². The van der Waals surface area contributed by atoms with E-state index in [0.29, 0.717) is 22.8 Å². The number of ether oxygens (including phenoxy) is 1. The molecule has 1 aromatic carbocycles. The number of halogens is 2. The van der Waals surface area contributed by atoms with E-state index in [1.165, 1.54) is 33.6 Å². The number of hydrogen-bond donors (Lipinski definition) is 2. The van der Waals surface area contributed by atoms with E-state index >= 15 is 0 Å². The number of anilines is 1. The van der Waals surface area contributed by atoms with Crippen LogP contribution in [0.2, 0.25) is 0 Å². The Bertz CT molecular complexity index is 766. The van der Waals surface area contributed by atoms with Gasteiger partial charge in [-0.2, -0.15) is 8.78 Å². The van der Waals surface area contributed by atoms with Gasteiger partial charge in [-0.25, -0.2) is 14.8 Å². The second-order valence-corrected chi connectivity index (χ2v) is 5.68. The SMILES string of the molecule is CNc1ncc(-c2cc(C(F)(F)P)ccc2OCC(=O)O)c(C)n1. The van der Waals surface area contributed by atoms with Gasteiger partial charge >= 0.3 is 5.97 Å². The van der Waals surface area contributed by atoms with Gasteiger partial charge in [-0.3, -0.25) is 0 Å². The molecule has 0 saturated heterocycles. The molecule has 0 bridgehead atoms. The Labute approximate surface area is 139 Å². The molecule has 0 fully saturated rings. The van der Waals surface area contributed by atoms with Gasteiger partial charge in [0.05, 0.1) is 5.69 Å². The van der Waals surface area contributed by atoms with Gasteiger partial charge in [-0.05, 0) is 25.1 Å². The third kappa shape index (κ3) is 4.14. The first-order valence-corrected chi connectivity index (χ1v) is 7.47. The van der Waals surface area contributed by atoms with E-state index in [2.05, 4.69) is 15.3 Å². The van der Waals surface area contributed by atoms with Gasteiger partial charge in [0.2, 0.25) is 5.95 Å². The van der Waals surface area contributed by atoms with Gasteiger partial charge in [0, 0.05) is 29.9 Å². The summed E-state index contributed by atoms with van der Waals surface area (Å²) in [4.78, 5) is 19.0. The molecule has 2 N–H and O–H groups in total. The van der Waals surface area contributed by atoms with Crippen LogP contribution in [0, 0.1) is 6.92 Å². The Balaban J connectivity index is 2.56. The van der Waals surface area contributed by atoms with Crippen molar-refractivity contribution in [2.75, 3.05) is 19.0 Å². The summed E-state index contributed by atoms with van der Waals surface area (Å²) < 4.78 is 32.4. The lowest BCUT2D eigenvalue weighted by Gasteiger charge is -2.16. The number of aliphatic carboxylic acids is 1. The standard InChI is InChI=1S/C15H16F2N3O3P/c1-8-11(6-19-14(18-2)20-8)10-5-9(15(16,17)24)3-4-12(10)23-7-13(21)22/h3-6H,7,24H2,1-2H3,(H,21,22)(H,18,19,20). The van der Waals surface area contributed by atoms with Crippen molar-refractivity contribution in [2.45, 2.75) is 12.6 Å². The maximum Gasteiger partial charge on any atom is 0.341 e. The minimum Gasteiger partial charge on any atom is -0.481 e. The third-order valence-corrected chi connectivity index (χ3v) is 3.54. The number of aryl methyl sites for hydroxylation is 1. The molecule has 1 aromatic heterocycles. The minimum atomic E-state index is -3.13. The minimum absolute atomic E-state index is 0.166. The molecule has 9 heteroatoms. The molecule has 6 nitrogen and oxygen atoms in total. The number of carbonyl (C=O) groups is 1. The fraction of sp³-hybridized carbons (Fsp3) is 0.267. The number of carboxylic acids is 1. The van der Waals surface area contributed by atoms with Gasteiger partial charge in [-0.15, -0.1) is 0 Å². The Morgan fingerprint density at radius 2 is 2.12 bits per heavy atom. The number of nitrogens with one attached hydrogen (secondary N) is 1. The molecule has 0 spiro atoms. The Morgan fingerprint density at radius 3 is 2.67 bits per heavy atom. The van der Waals surface area contributed by atoms with Crippen molar-refractivity contribution in [2.24, 2.45) is 0 Å². The fourth-order valence-corrected chi connectivity index (χ4v) is 2.24. The van der Waals surface area contributed by atoms with Crippen LogP contribution in [0.1, 0.15) is 11.3 Å². The molecule has 0 aliphatic carbocycles. The Hall–Kier alpha value is -2.34. The normalized spacial score (nSPS) is 11.2. The number of rotatable bonds is 6. The van der Waals surface area contributed by atoms with Crippen LogP contribution in [0.4, 0.5) is 14.7 Å². The van der Waals surface area contributed by atoms with Crippen LogP contribution >= 0.6 is 9.24 Å². The van der Waals surface area contributed by atoms with E-state index in [4.69, 9.17) is 9.84 Å². The molecule has 0 aliphatic heterocycles. The van der Waals surface area contributed by atoms with Crippen LogP contribution < -0.4 is 10.1 Å². The van der Waals surface area contributed by atoms with Crippen molar-refractivity contribution < 1.29 is 23.4 Å². The van der Waals surface area contributed by atoms with Crippen LogP contribution in [0.3, 0.4) is 0 Å². The maximum atomic E-state index is 13.6. The predicted molar refractivity (Wildman–Crippen MR) is 88.5 cm³/mol. The Kier molecular flexibility index (Phi) is 5.29. The number of benzene rings is 1. The second kappa shape index (κ2) is 7.05. The van der Waals surface area contributed by atoms with Gasteiger partial charge in [-0.1, -0.05) is 9.24 Å². The monoisotopic (exact) mass is 355 g/mol. The number of alkyl halides is 2. The lowest BCUT2D eigenvalue weighted by Crippen LogP contribution is -2.11. The molecular formula is C15H16F2N3O3P. The van der Waals surface area contributed by atoms with Crippen LogP contribution in [0.15, 0.2) is 24.4 Å². The summed E-state index contributed by atoms with van der Waals surface area (Å²) in [5.41, 5.74) is -2.05. The van der Waals surface area contributed by atoms with Crippen molar-refractivity contribution in [1.29, 1.82) is 0 Å². The van der Waals surface area contributed by atoms with Crippen LogP contribution in [0.25, 0.3) is 11.1 Å². The van der Waals surface area contributed by atoms with E-state index in [0.717, 1.165) is 0 Å². The highest BCUT2D eigenvalue weighted by atomic mass is 31.0. The molecule has 0 saturated carbocycles. The second-order valence-electron chi connectivity index (χ2n) is 4.96. The molecule has 0 aliphatic rings. The number of aromatic nitrogens is 2. The molecule has 1 unspecified atom stereocenters. The first-order chi connectivity index (χ1) is 11.2. The molecule has 2 rings (SSSR count). The molecule has 2 aromatic rings. The summed E-state index contributed by atoms with van der Waals surface area (Å²) in [5, 5.41) is 11.5. The van der Waals surface area contributed by atoms with Gasteiger partial charge in [0.25, 0.3) is 5.66 Å². The summed E-state index contributed by atoms with van der Waals surface area (Å²) in [6, 6.07) is 3.75. The molecule has 0 amide bonds. The van der Waals surface area contributed by atoms with Crippen molar-refractivity contribution in [1.82, 2.24) is 9.97 Å². The van der Waals surface area contributed by atoms with Gasteiger partial charge in [0.15, 0.2) is 6.61 Å². The zero-order chi connectivity index (χ0) is 17.9. The van der Waals surface area contributed by atoms with Crippen LogP contribution in [-0.2, 0) is 10.5 Å². The third-order valence-electron chi connectivity index (χ3n) is 3.21. The summed E-state index contributed by atoms with van der Waals surface area (Å²) in [7, 11) is 3.12. The average Bonchev–Trinajstić information content (AvgIpc) is 2.51. The quantitative estimate of drug-likeness (QED) is 0.775. The highest BCUT2D eigenvalue weighted by Gasteiger charge is 2.26. The van der Waals surface area contributed by atoms with Crippen molar-refractivity contribution in [3.05, 3.63) is 35.7 Å². The number of nitrogens with zero attached hydrogens (tertiary/aromatic N) is 2. The maximum absolute atomic E-state index is 13.6. The van der Waals surface area contributed by atoms with Crippen molar-refractivity contribution >= 4 is 21.2 Å². The van der Waals surface area contributed by atoms with Crippen molar-refractivity contribution in [3.63, 3.8) is 0 Å². The van der Waals surface area contributed by atoms with E-state index in [1.54, 1.807) is 14.0 Å². The number of carboxylic acid groups (broad SMARTS) is 1. The average molecular weight is 355 g/mol. The first-order valence-electron chi connectivity index (χ1n) is 6.90. The highest BCUT2D eigenvalue weighted by molar-refractivity contribution is 7.17. The van der Waals surface area contributed by atoms with Gasteiger partial charge in [0.1, 0.15) is 5.75 Å². The van der Waals surface area contributed by atoms with E-state index in [1.807, 2.05) is 0 Å². The van der Waals surface area contributed by atoms with E-state index in [-0.39, 0.29) is 11.3 Å². The van der Waals surface area contributed by atoms with Crippen LogP contribution in [-0.4, -0.2) is 34.7 Å². The van der Waals surface area contributed by atoms with Gasteiger partial charge < -0.3 is 15.2 Å². The fourth-order valence-electron chi connectivity index (χ4n) is 2.07. The molecule has 1 atom stereocenters. The summed E-state index contributed by atoms with van der Waals surface area (Å²) in [6.07, 6.45) is 1.47.